The lowest BCUT2D eigenvalue weighted by Gasteiger charge is -2.41. The summed E-state index contributed by atoms with van der Waals surface area (Å²) in [6, 6.07) is 34.5. The van der Waals surface area contributed by atoms with Gasteiger partial charge in [-0.05, 0) is 58.1 Å². The van der Waals surface area contributed by atoms with Crippen molar-refractivity contribution in [3.8, 4) is 11.1 Å². The molecule has 0 unspecified atom stereocenters. The Morgan fingerprint density at radius 2 is 1.60 bits per heavy atom. The molecule has 0 saturated carbocycles. The molecule has 2 aliphatic rings. The smallest absolute Gasteiger partial charge is 0.269 e. The quantitative estimate of drug-likeness (QED) is 0.118. The summed E-state index contributed by atoms with van der Waals surface area (Å²) >= 11 is 0. The summed E-state index contributed by atoms with van der Waals surface area (Å²) in [5.41, 5.74) is 7.50. The zero-order valence-corrected chi connectivity index (χ0v) is 28.7. The first-order valence-corrected chi connectivity index (χ1v) is 17.5. The number of carbonyl (C=O) groups excluding carboxylic acids is 1. The van der Waals surface area contributed by atoms with Crippen molar-refractivity contribution in [3.63, 3.8) is 0 Å². The number of amides is 1. The van der Waals surface area contributed by atoms with Crippen molar-refractivity contribution in [1.29, 1.82) is 0 Å². The third kappa shape index (κ3) is 8.52. The standard InChI is InChI=1S/C41H41N5O6/c47-28-29-6-8-32(9-7-29)39-24-38(27-44-19-21-45(22-20-44)36-14-16-37(17-15-36)46(49)50)51-41(52-39)33-12-10-31(11-13-33)34-4-1-3-30(23-34)25-43-40(48)35-5-2-18-42-26-35/h1-18,23,26,38-39,41,47H,19-22,24-25,27-28H2,(H,43,48)/t38-,39+,41+/m1/s1. The molecule has 7 rings (SSSR count). The lowest BCUT2D eigenvalue weighted by Crippen LogP contribution is -2.49. The van der Waals surface area contributed by atoms with E-state index in [1.54, 1.807) is 36.7 Å². The molecule has 5 aromatic rings. The van der Waals surface area contributed by atoms with Crippen molar-refractivity contribution < 1.29 is 24.3 Å². The van der Waals surface area contributed by atoms with E-state index in [-0.39, 0.29) is 35.3 Å². The van der Waals surface area contributed by atoms with Crippen LogP contribution >= 0.6 is 0 Å². The number of piperazine rings is 1. The predicted octanol–water partition coefficient (Wildman–Crippen LogP) is 6.45. The van der Waals surface area contributed by atoms with Gasteiger partial charge in [-0.25, -0.2) is 0 Å². The van der Waals surface area contributed by atoms with Gasteiger partial charge in [0.2, 0.25) is 0 Å². The number of hydrogen-bond donors (Lipinski definition) is 2. The van der Waals surface area contributed by atoms with Crippen molar-refractivity contribution in [1.82, 2.24) is 15.2 Å². The minimum absolute atomic E-state index is 0.0126. The Bertz CT molecular complexity index is 1950. The average Bonchev–Trinajstić information content (AvgIpc) is 3.20. The molecule has 11 heteroatoms. The van der Waals surface area contributed by atoms with Crippen LogP contribution in [-0.4, -0.2) is 64.6 Å². The number of nitrogens with zero attached hydrogens (tertiary/aromatic N) is 4. The second-order valence-electron chi connectivity index (χ2n) is 13.2. The summed E-state index contributed by atoms with van der Waals surface area (Å²) in [4.78, 5) is 31.9. The number of ether oxygens (including phenoxy) is 2. The van der Waals surface area contributed by atoms with E-state index in [9.17, 15) is 20.0 Å². The average molecular weight is 700 g/mol. The van der Waals surface area contributed by atoms with Gasteiger partial charge in [0.15, 0.2) is 6.29 Å². The van der Waals surface area contributed by atoms with E-state index in [0.717, 1.165) is 71.8 Å². The molecule has 11 nitrogen and oxygen atoms in total. The van der Waals surface area contributed by atoms with Gasteiger partial charge in [0.05, 0.1) is 29.3 Å². The molecular weight excluding hydrogens is 658 g/mol. The molecule has 2 saturated heterocycles. The Hall–Kier alpha value is -5.46. The highest BCUT2D eigenvalue weighted by atomic mass is 16.7. The topological polar surface area (TPSA) is 130 Å². The molecule has 0 radical (unpaired) electrons. The Balaban J connectivity index is 1.02. The van der Waals surface area contributed by atoms with Crippen LogP contribution < -0.4 is 10.2 Å². The van der Waals surface area contributed by atoms with Gasteiger partial charge in [-0.2, -0.15) is 0 Å². The van der Waals surface area contributed by atoms with Gasteiger partial charge in [-0.15, -0.1) is 0 Å². The summed E-state index contributed by atoms with van der Waals surface area (Å²) in [5, 5.41) is 23.6. The minimum atomic E-state index is -0.564. The van der Waals surface area contributed by atoms with E-state index in [1.807, 2.05) is 60.7 Å². The number of rotatable bonds is 11. The van der Waals surface area contributed by atoms with Crippen LogP contribution in [0.3, 0.4) is 0 Å². The molecule has 4 aromatic carbocycles. The van der Waals surface area contributed by atoms with E-state index in [0.29, 0.717) is 18.5 Å². The van der Waals surface area contributed by atoms with Crippen molar-refractivity contribution in [2.45, 2.75) is 38.1 Å². The number of aromatic nitrogens is 1. The number of nitro benzene ring substituents is 1. The van der Waals surface area contributed by atoms with E-state index in [1.165, 1.54) is 0 Å². The maximum absolute atomic E-state index is 12.5. The fourth-order valence-electron chi connectivity index (χ4n) is 6.77. The van der Waals surface area contributed by atoms with Gasteiger partial charge in [0.1, 0.15) is 0 Å². The highest BCUT2D eigenvalue weighted by Gasteiger charge is 2.34. The summed E-state index contributed by atoms with van der Waals surface area (Å²) < 4.78 is 13.3. The van der Waals surface area contributed by atoms with E-state index < -0.39 is 6.29 Å². The first-order valence-electron chi connectivity index (χ1n) is 17.5. The molecule has 52 heavy (non-hydrogen) atoms. The molecule has 3 atom stereocenters. The molecule has 2 N–H and O–H groups in total. The highest BCUT2D eigenvalue weighted by molar-refractivity contribution is 5.93. The van der Waals surface area contributed by atoms with Crippen LogP contribution in [0.4, 0.5) is 11.4 Å². The lowest BCUT2D eigenvalue weighted by molar-refractivity contribution is -0.384. The molecule has 1 aromatic heterocycles. The first-order chi connectivity index (χ1) is 25.4. The van der Waals surface area contributed by atoms with E-state index >= 15 is 0 Å². The van der Waals surface area contributed by atoms with Crippen molar-refractivity contribution in [2.75, 3.05) is 37.6 Å². The number of nitrogens with one attached hydrogen (secondary N) is 1. The Kier molecular flexibility index (Phi) is 10.9. The second kappa shape index (κ2) is 16.3. The zero-order chi connectivity index (χ0) is 35.9. The largest absolute Gasteiger partial charge is 0.392 e. The Morgan fingerprint density at radius 1 is 0.846 bits per heavy atom. The van der Waals surface area contributed by atoms with Crippen LogP contribution in [0.15, 0.2) is 122 Å². The molecule has 0 aliphatic carbocycles. The number of non-ortho nitro benzene ring substituents is 1. The van der Waals surface area contributed by atoms with Gasteiger partial charge in [-0.3, -0.25) is 24.8 Å². The predicted molar refractivity (Wildman–Crippen MR) is 197 cm³/mol. The second-order valence-corrected chi connectivity index (χ2v) is 13.2. The number of carbonyl (C=O) groups is 1. The van der Waals surface area contributed by atoms with Crippen LogP contribution in [0.25, 0.3) is 11.1 Å². The number of nitro groups is 1. The van der Waals surface area contributed by atoms with Crippen molar-refractivity contribution >= 4 is 17.3 Å². The van der Waals surface area contributed by atoms with Gasteiger partial charge >= 0.3 is 0 Å². The maximum atomic E-state index is 12.5. The molecule has 3 heterocycles. The molecule has 2 fully saturated rings. The third-order valence-electron chi connectivity index (χ3n) is 9.69. The summed E-state index contributed by atoms with van der Waals surface area (Å²) in [6.45, 7) is 4.46. The molecule has 0 bridgehead atoms. The van der Waals surface area contributed by atoms with Gasteiger partial charge in [-0.1, -0.05) is 66.7 Å². The minimum Gasteiger partial charge on any atom is -0.392 e. The SMILES string of the molecule is O=C(NCc1cccc(-c2ccc([C@H]3O[C@@H](CN4CCN(c5ccc([N+](=O)[O-])cc5)CC4)C[C@@H](c4ccc(CO)cc4)O3)cc2)c1)c1cccnc1. The molecule has 0 spiro atoms. The summed E-state index contributed by atoms with van der Waals surface area (Å²) in [5.74, 6) is -0.166. The number of aliphatic hydroxyl groups is 1. The fraction of sp³-hybridized carbons (Fsp3) is 0.268. The Labute approximate surface area is 302 Å². The monoisotopic (exact) mass is 699 g/mol. The first kappa shape index (κ1) is 35.0. The summed E-state index contributed by atoms with van der Waals surface area (Å²) in [6.07, 6.45) is 3.06. The molecule has 1 amide bonds. The molecule has 2 aliphatic heterocycles. The van der Waals surface area contributed by atoms with Crippen molar-refractivity contribution in [2.24, 2.45) is 0 Å². The molecular formula is C41H41N5O6. The lowest BCUT2D eigenvalue weighted by atomic mass is 9.98. The van der Waals surface area contributed by atoms with Crippen LogP contribution in [-0.2, 0) is 22.6 Å². The number of hydrogen-bond acceptors (Lipinski definition) is 9. The van der Waals surface area contributed by atoms with E-state index in [2.05, 4.69) is 44.4 Å². The zero-order valence-electron chi connectivity index (χ0n) is 28.7. The number of anilines is 1. The number of benzene rings is 4. The van der Waals surface area contributed by atoms with Crippen LogP contribution in [0.1, 0.15) is 51.4 Å². The maximum Gasteiger partial charge on any atom is 0.269 e. The summed E-state index contributed by atoms with van der Waals surface area (Å²) in [7, 11) is 0. The van der Waals surface area contributed by atoms with Gasteiger partial charge in [0, 0.05) is 81.5 Å². The van der Waals surface area contributed by atoms with E-state index in [4.69, 9.17) is 9.47 Å². The molecule has 266 valence electrons. The fourth-order valence-corrected chi connectivity index (χ4v) is 6.77. The van der Waals surface area contributed by atoms with Crippen LogP contribution in [0, 0.1) is 10.1 Å². The van der Waals surface area contributed by atoms with Crippen LogP contribution in [0.5, 0.6) is 0 Å². The highest BCUT2D eigenvalue weighted by Crippen LogP contribution is 2.39. The normalized spacial score (nSPS) is 19.2. The van der Waals surface area contributed by atoms with Gasteiger partial charge in [0.25, 0.3) is 11.6 Å². The number of aliphatic hydroxyl groups excluding tert-OH is 1. The number of pyridine rings is 1. The van der Waals surface area contributed by atoms with Crippen molar-refractivity contribution in [3.05, 3.63) is 160 Å². The van der Waals surface area contributed by atoms with Gasteiger partial charge < -0.3 is 24.8 Å². The third-order valence-corrected chi connectivity index (χ3v) is 9.69. The van der Waals surface area contributed by atoms with Crippen LogP contribution in [0.2, 0.25) is 0 Å². The Morgan fingerprint density at radius 3 is 2.29 bits per heavy atom.